The van der Waals surface area contributed by atoms with Gasteiger partial charge in [0.2, 0.25) is 10.0 Å². The number of esters is 1. The van der Waals surface area contributed by atoms with Crippen LogP contribution in [0.25, 0.3) is 10.8 Å². The Morgan fingerprint density at radius 1 is 1.00 bits per heavy atom. The minimum Gasteiger partial charge on any atom is -0.497 e. The van der Waals surface area contributed by atoms with Gasteiger partial charge in [-0.25, -0.2) is 13.2 Å². The summed E-state index contributed by atoms with van der Waals surface area (Å²) in [6.45, 7) is 3.15. The van der Waals surface area contributed by atoms with E-state index in [9.17, 15) is 13.2 Å². The number of carbonyl (C=O) groups is 1. The summed E-state index contributed by atoms with van der Waals surface area (Å²) in [5.74, 6) is 0.218. The highest BCUT2D eigenvalue weighted by atomic mass is 32.2. The molecule has 0 bridgehead atoms. The Labute approximate surface area is 187 Å². The van der Waals surface area contributed by atoms with Crippen LogP contribution in [0.1, 0.15) is 21.5 Å². The predicted molar refractivity (Wildman–Crippen MR) is 120 cm³/mol. The third-order valence-corrected chi connectivity index (χ3v) is 7.41. The van der Waals surface area contributed by atoms with Gasteiger partial charge in [0.05, 0.1) is 30.8 Å². The van der Waals surface area contributed by atoms with Gasteiger partial charge in [-0.3, -0.25) is 0 Å². The van der Waals surface area contributed by atoms with E-state index >= 15 is 0 Å². The first-order valence-electron chi connectivity index (χ1n) is 10.3. The van der Waals surface area contributed by atoms with Gasteiger partial charge in [0.1, 0.15) is 12.4 Å². The molecule has 0 spiro atoms. The van der Waals surface area contributed by atoms with Crippen LogP contribution >= 0.6 is 0 Å². The molecule has 0 aromatic heterocycles. The number of fused-ring (bicyclic) bond motifs is 1. The molecule has 0 N–H and O–H groups in total. The summed E-state index contributed by atoms with van der Waals surface area (Å²) in [6.07, 6.45) is 0. The van der Waals surface area contributed by atoms with Crippen LogP contribution in [0.15, 0.2) is 59.5 Å². The molecule has 4 rings (SSSR count). The zero-order valence-corrected chi connectivity index (χ0v) is 18.9. The molecule has 168 valence electrons. The van der Waals surface area contributed by atoms with Crippen LogP contribution in [0.3, 0.4) is 0 Å². The van der Waals surface area contributed by atoms with Crippen molar-refractivity contribution in [3.63, 3.8) is 0 Å². The second-order valence-electron chi connectivity index (χ2n) is 7.62. The molecule has 1 saturated heterocycles. The topological polar surface area (TPSA) is 82.1 Å². The van der Waals surface area contributed by atoms with Crippen molar-refractivity contribution in [3.8, 4) is 5.75 Å². The standard InChI is InChI=1S/C24H25NO6S/c1-17-3-8-22(32(27,28)25-9-11-30-12-10-25)15-23(17)24(26)31-16-18-4-5-20-14-21(29-2)7-6-19(20)13-18/h3-8,13-15H,9-12,16H2,1-2H3. The number of methoxy groups -OCH3 is 1. The lowest BCUT2D eigenvalue weighted by Gasteiger charge is -2.26. The zero-order valence-electron chi connectivity index (χ0n) is 18.0. The number of rotatable bonds is 6. The van der Waals surface area contributed by atoms with E-state index in [1.807, 2.05) is 36.4 Å². The van der Waals surface area contributed by atoms with E-state index in [1.54, 1.807) is 20.1 Å². The fourth-order valence-electron chi connectivity index (χ4n) is 3.63. The van der Waals surface area contributed by atoms with Crippen LogP contribution in [0.5, 0.6) is 5.75 Å². The Morgan fingerprint density at radius 3 is 2.47 bits per heavy atom. The van der Waals surface area contributed by atoms with Crippen LogP contribution in [0.4, 0.5) is 0 Å². The maximum absolute atomic E-state index is 12.9. The van der Waals surface area contributed by atoms with Crippen LogP contribution in [-0.4, -0.2) is 52.1 Å². The molecular weight excluding hydrogens is 430 g/mol. The maximum atomic E-state index is 12.9. The first kappa shape index (κ1) is 22.3. The number of benzene rings is 3. The van der Waals surface area contributed by atoms with Crippen molar-refractivity contribution in [1.82, 2.24) is 4.31 Å². The third kappa shape index (κ3) is 4.62. The van der Waals surface area contributed by atoms with E-state index in [0.29, 0.717) is 31.9 Å². The predicted octanol–water partition coefficient (Wildman–Crippen LogP) is 3.53. The molecule has 3 aromatic carbocycles. The normalized spacial score (nSPS) is 14.9. The summed E-state index contributed by atoms with van der Waals surface area (Å²) in [7, 11) is -2.07. The van der Waals surface area contributed by atoms with E-state index in [0.717, 1.165) is 22.1 Å². The van der Waals surface area contributed by atoms with Crippen molar-refractivity contribution in [3.05, 3.63) is 71.3 Å². The van der Waals surface area contributed by atoms with Gasteiger partial charge < -0.3 is 14.2 Å². The number of aryl methyl sites for hydroxylation is 1. The second-order valence-corrected chi connectivity index (χ2v) is 9.55. The Hall–Kier alpha value is -2.94. The number of hydrogen-bond donors (Lipinski definition) is 0. The molecule has 1 fully saturated rings. The van der Waals surface area contributed by atoms with Gasteiger partial charge in [0.15, 0.2) is 0 Å². The Balaban J connectivity index is 1.51. The number of nitrogens with zero attached hydrogens (tertiary/aromatic N) is 1. The number of morpholine rings is 1. The molecular formula is C24H25NO6S. The van der Waals surface area contributed by atoms with E-state index in [2.05, 4.69) is 0 Å². The van der Waals surface area contributed by atoms with Crippen LogP contribution in [0.2, 0.25) is 0 Å². The average Bonchev–Trinajstić information content (AvgIpc) is 2.82. The lowest BCUT2D eigenvalue weighted by Crippen LogP contribution is -2.40. The first-order valence-corrected chi connectivity index (χ1v) is 11.7. The smallest absolute Gasteiger partial charge is 0.338 e. The lowest BCUT2D eigenvalue weighted by atomic mass is 10.1. The fourth-order valence-corrected chi connectivity index (χ4v) is 5.07. The summed E-state index contributed by atoms with van der Waals surface area (Å²) in [5, 5.41) is 2.03. The summed E-state index contributed by atoms with van der Waals surface area (Å²) in [6, 6.07) is 16.1. The van der Waals surface area contributed by atoms with Gasteiger partial charge in [0.25, 0.3) is 0 Å². The van der Waals surface area contributed by atoms with E-state index in [-0.39, 0.29) is 17.1 Å². The Morgan fingerprint density at radius 2 is 1.72 bits per heavy atom. The highest BCUT2D eigenvalue weighted by Gasteiger charge is 2.27. The van der Waals surface area contributed by atoms with Gasteiger partial charge in [-0.05, 0) is 59.2 Å². The van der Waals surface area contributed by atoms with Gasteiger partial charge in [-0.15, -0.1) is 0 Å². The summed E-state index contributed by atoms with van der Waals surface area (Å²) >= 11 is 0. The molecule has 0 radical (unpaired) electrons. The average molecular weight is 456 g/mol. The molecule has 0 atom stereocenters. The summed E-state index contributed by atoms with van der Waals surface area (Å²) in [4.78, 5) is 12.9. The summed E-state index contributed by atoms with van der Waals surface area (Å²) in [5.41, 5.74) is 1.73. The SMILES string of the molecule is COc1ccc2cc(COC(=O)c3cc(S(=O)(=O)N4CCOCC4)ccc3C)ccc2c1. The van der Waals surface area contributed by atoms with Gasteiger partial charge in [-0.2, -0.15) is 4.31 Å². The number of sulfonamides is 1. The molecule has 1 aliphatic rings. The van der Waals surface area contributed by atoms with E-state index in [4.69, 9.17) is 14.2 Å². The molecule has 0 saturated carbocycles. The molecule has 1 aliphatic heterocycles. The minimum absolute atomic E-state index is 0.0802. The van der Waals surface area contributed by atoms with Gasteiger partial charge >= 0.3 is 5.97 Å². The van der Waals surface area contributed by atoms with Crippen molar-refractivity contribution >= 4 is 26.8 Å². The maximum Gasteiger partial charge on any atom is 0.338 e. The minimum atomic E-state index is -3.70. The largest absolute Gasteiger partial charge is 0.497 e. The molecule has 3 aromatic rings. The number of ether oxygens (including phenoxy) is 3. The van der Waals surface area contributed by atoms with Gasteiger partial charge in [0, 0.05) is 13.1 Å². The molecule has 0 amide bonds. The molecule has 32 heavy (non-hydrogen) atoms. The zero-order chi connectivity index (χ0) is 22.7. The molecule has 1 heterocycles. The third-order valence-electron chi connectivity index (χ3n) is 5.52. The molecule has 8 heteroatoms. The second kappa shape index (κ2) is 9.28. The Bertz CT molecular complexity index is 1250. The van der Waals surface area contributed by atoms with Crippen LogP contribution in [-0.2, 0) is 26.1 Å². The van der Waals surface area contributed by atoms with E-state index < -0.39 is 16.0 Å². The highest BCUT2D eigenvalue weighted by molar-refractivity contribution is 7.89. The highest BCUT2D eigenvalue weighted by Crippen LogP contribution is 2.24. The quantitative estimate of drug-likeness (QED) is 0.529. The Kier molecular flexibility index (Phi) is 6.45. The molecule has 0 aliphatic carbocycles. The first-order chi connectivity index (χ1) is 15.4. The van der Waals surface area contributed by atoms with Crippen molar-refractivity contribution in [2.45, 2.75) is 18.4 Å². The van der Waals surface area contributed by atoms with Crippen molar-refractivity contribution in [2.24, 2.45) is 0 Å². The van der Waals surface area contributed by atoms with Crippen molar-refractivity contribution in [1.29, 1.82) is 0 Å². The lowest BCUT2D eigenvalue weighted by molar-refractivity contribution is 0.0471. The van der Waals surface area contributed by atoms with Gasteiger partial charge in [-0.1, -0.05) is 24.3 Å². The number of carbonyl (C=O) groups excluding carboxylic acids is 1. The van der Waals surface area contributed by atoms with E-state index in [1.165, 1.54) is 16.4 Å². The molecule has 7 nitrogen and oxygen atoms in total. The fraction of sp³-hybridized carbons (Fsp3) is 0.292. The van der Waals surface area contributed by atoms with Crippen LogP contribution in [0, 0.1) is 6.92 Å². The van der Waals surface area contributed by atoms with Crippen LogP contribution < -0.4 is 4.74 Å². The monoisotopic (exact) mass is 455 g/mol. The van der Waals surface area contributed by atoms with Crippen molar-refractivity contribution < 1.29 is 27.4 Å². The number of hydrogen-bond acceptors (Lipinski definition) is 6. The molecule has 0 unspecified atom stereocenters. The van der Waals surface area contributed by atoms with Crippen molar-refractivity contribution in [2.75, 3.05) is 33.4 Å². The summed E-state index contributed by atoms with van der Waals surface area (Å²) < 4.78 is 43.2.